The van der Waals surface area contributed by atoms with Crippen LogP contribution >= 0.6 is 0 Å². The van der Waals surface area contributed by atoms with Crippen LogP contribution in [0.15, 0.2) is 36.5 Å². The van der Waals surface area contributed by atoms with Gasteiger partial charge in [-0.25, -0.2) is 9.97 Å². The molecule has 1 aromatic carbocycles. The first-order valence-corrected chi connectivity index (χ1v) is 7.47. The molecule has 22 heavy (non-hydrogen) atoms. The third kappa shape index (κ3) is 3.24. The predicted octanol–water partition coefficient (Wildman–Crippen LogP) is 2.69. The Morgan fingerprint density at radius 3 is 2.27 bits per heavy atom. The van der Waals surface area contributed by atoms with Crippen molar-refractivity contribution in [2.75, 3.05) is 32.1 Å². The molecule has 0 unspecified atom stereocenters. The maximum absolute atomic E-state index is 12.6. The highest BCUT2D eigenvalue weighted by Crippen LogP contribution is 2.22. The van der Waals surface area contributed by atoms with Crippen LogP contribution in [-0.4, -0.2) is 48.0 Å². The topological polar surface area (TPSA) is 49.3 Å². The van der Waals surface area contributed by atoms with Crippen LogP contribution in [0.2, 0.25) is 0 Å². The Balaban J connectivity index is 2.47. The first-order valence-electron chi connectivity index (χ1n) is 7.47. The number of benzene rings is 1. The van der Waals surface area contributed by atoms with Gasteiger partial charge in [0.05, 0.1) is 0 Å². The lowest BCUT2D eigenvalue weighted by molar-refractivity contribution is 0.0773. The van der Waals surface area contributed by atoms with E-state index in [1.54, 1.807) is 11.1 Å². The smallest absolute Gasteiger partial charge is 0.259 e. The summed E-state index contributed by atoms with van der Waals surface area (Å²) < 4.78 is 0. The van der Waals surface area contributed by atoms with Gasteiger partial charge in [0.2, 0.25) is 0 Å². The number of amides is 1. The molecule has 0 radical (unpaired) electrons. The summed E-state index contributed by atoms with van der Waals surface area (Å²) in [7, 11) is 3.77. The Morgan fingerprint density at radius 1 is 1.09 bits per heavy atom. The minimum absolute atomic E-state index is 0.0340. The number of rotatable bonds is 5. The molecule has 0 atom stereocenters. The van der Waals surface area contributed by atoms with E-state index in [4.69, 9.17) is 0 Å². The van der Waals surface area contributed by atoms with Gasteiger partial charge in [-0.2, -0.15) is 0 Å². The van der Waals surface area contributed by atoms with Crippen LogP contribution < -0.4 is 4.90 Å². The minimum Gasteiger partial charge on any atom is -0.362 e. The van der Waals surface area contributed by atoms with E-state index in [0.717, 1.165) is 5.56 Å². The van der Waals surface area contributed by atoms with Crippen LogP contribution in [-0.2, 0) is 0 Å². The van der Waals surface area contributed by atoms with Crippen molar-refractivity contribution in [3.05, 3.63) is 42.1 Å². The van der Waals surface area contributed by atoms with Crippen molar-refractivity contribution in [2.45, 2.75) is 13.8 Å². The van der Waals surface area contributed by atoms with Crippen molar-refractivity contribution in [2.24, 2.45) is 0 Å². The number of carbonyl (C=O) groups is 1. The molecule has 116 valence electrons. The van der Waals surface area contributed by atoms with Crippen molar-refractivity contribution < 1.29 is 4.79 Å². The zero-order valence-corrected chi connectivity index (χ0v) is 13.6. The van der Waals surface area contributed by atoms with Gasteiger partial charge in [0.15, 0.2) is 5.82 Å². The molecule has 0 aliphatic rings. The van der Waals surface area contributed by atoms with Crippen LogP contribution in [0.5, 0.6) is 0 Å². The van der Waals surface area contributed by atoms with Gasteiger partial charge in [0, 0.05) is 38.9 Å². The summed E-state index contributed by atoms with van der Waals surface area (Å²) in [4.78, 5) is 25.2. The molecule has 0 N–H and O–H groups in total. The number of carbonyl (C=O) groups excluding carboxylic acids is 1. The molecule has 0 saturated carbocycles. The highest BCUT2D eigenvalue weighted by Gasteiger charge is 2.20. The molecular formula is C17H22N4O. The van der Waals surface area contributed by atoms with Crippen LogP contribution in [0.3, 0.4) is 0 Å². The van der Waals surface area contributed by atoms with E-state index in [1.165, 1.54) is 0 Å². The fourth-order valence-electron chi connectivity index (χ4n) is 2.27. The van der Waals surface area contributed by atoms with Crippen molar-refractivity contribution in [3.8, 4) is 11.4 Å². The fourth-order valence-corrected chi connectivity index (χ4v) is 2.27. The summed E-state index contributed by atoms with van der Waals surface area (Å²) in [6.07, 6.45) is 1.63. The first-order chi connectivity index (χ1) is 10.6. The molecule has 0 aliphatic carbocycles. The third-order valence-electron chi connectivity index (χ3n) is 3.51. The molecule has 2 rings (SSSR count). The molecule has 1 amide bonds. The van der Waals surface area contributed by atoms with Gasteiger partial charge >= 0.3 is 0 Å². The van der Waals surface area contributed by atoms with Gasteiger partial charge in [-0.1, -0.05) is 30.3 Å². The Labute approximate surface area is 131 Å². The Bertz CT molecular complexity index is 636. The van der Waals surface area contributed by atoms with Gasteiger partial charge in [0.1, 0.15) is 11.4 Å². The van der Waals surface area contributed by atoms with Crippen molar-refractivity contribution >= 4 is 11.7 Å². The highest BCUT2D eigenvalue weighted by molar-refractivity contribution is 5.98. The molecule has 1 aromatic heterocycles. The lowest BCUT2D eigenvalue weighted by Gasteiger charge is -2.22. The number of anilines is 1. The number of hydrogen-bond donors (Lipinski definition) is 0. The van der Waals surface area contributed by atoms with E-state index in [0.29, 0.717) is 30.3 Å². The fraction of sp³-hybridized carbons (Fsp3) is 0.353. The standard InChI is InChI=1S/C17H22N4O/c1-5-21(6-2)17(22)14-12-18-15(19-16(14)20(3)4)13-10-8-7-9-11-13/h7-12H,5-6H2,1-4H3. The van der Waals surface area contributed by atoms with Crippen LogP contribution in [0.4, 0.5) is 5.82 Å². The number of nitrogens with zero attached hydrogens (tertiary/aromatic N) is 4. The molecule has 0 saturated heterocycles. The monoisotopic (exact) mass is 298 g/mol. The molecule has 5 nitrogen and oxygen atoms in total. The lowest BCUT2D eigenvalue weighted by Crippen LogP contribution is -2.32. The summed E-state index contributed by atoms with van der Waals surface area (Å²) in [5.74, 6) is 1.24. The second kappa shape index (κ2) is 7.02. The summed E-state index contributed by atoms with van der Waals surface area (Å²) in [6.45, 7) is 5.27. The van der Waals surface area contributed by atoms with Gasteiger partial charge in [-0.05, 0) is 13.8 Å². The quantitative estimate of drug-likeness (QED) is 0.851. The third-order valence-corrected chi connectivity index (χ3v) is 3.51. The summed E-state index contributed by atoms with van der Waals surface area (Å²) in [5, 5.41) is 0. The normalized spacial score (nSPS) is 10.4. The van der Waals surface area contributed by atoms with E-state index >= 15 is 0 Å². The highest BCUT2D eigenvalue weighted by atomic mass is 16.2. The predicted molar refractivity (Wildman–Crippen MR) is 89.0 cm³/mol. The largest absolute Gasteiger partial charge is 0.362 e. The molecule has 0 bridgehead atoms. The summed E-state index contributed by atoms with van der Waals surface area (Å²) in [5.41, 5.74) is 1.47. The Kier molecular flexibility index (Phi) is 5.09. The van der Waals surface area contributed by atoms with Crippen LogP contribution in [0.25, 0.3) is 11.4 Å². The maximum Gasteiger partial charge on any atom is 0.259 e. The molecule has 1 heterocycles. The minimum atomic E-state index is -0.0340. The van der Waals surface area contributed by atoms with Crippen LogP contribution in [0.1, 0.15) is 24.2 Å². The molecule has 2 aromatic rings. The average Bonchev–Trinajstić information content (AvgIpc) is 2.56. The van der Waals surface area contributed by atoms with Gasteiger partial charge < -0.3 is 9.80 Å². The second-order valence-corrected chi connectivity index (χ2v) is 5.17. The van der Waals surface area contributed by atoms with Gasteiger partial charge in [0.25, 0.3) is 5.91 Å². The lowest BCUT2D eigenvalue weighted by atomic mass is 10.2. The van der Waals surface area contributed by atoms with Gasteiger partial charge in [-0.15, -0.1) is 0 Å². The summed E-state index contributed by atoms with van der Waals surface area (Å²) >= 11 is 0. The van der Waals surface area contributed by atoms with E-state index in [2.05, 4.69) is 9.97 Å². The number of hydrogen-bond acceptors (Lipinski definition) is 4. The number of aromatic nitrogens is 2. The van der Waals surface area contributed by atoms with Crippen molar-refractivity contribution in [3.63, 3.8) is 0 Å². The maximum atomic E-state index is 12.6. The van der Waals surface area contributed by atoms with Crippen molar-refractivity contribution in [1.29, 1.82) is 0 Å². The van der Waals surface area contributed by atoms with Gasteiger partial charge in [-0.3, -0.25) is 4.79 Å². The van der Waals surface area contributed by atoms with Crippen LogP contribution in [0, 0.1) is 0 Å². The SMILES string of the molecule is CCN(CC)C(=O)c1cnc(-c2ccccc2)nc1N(C)C. The second-order valence-electron chi connectivity index (χ2n) is 5.17. The Hall–Kier alpha value is -2.43. The zero-order valence-electron chi connectivity index (χ0n) is 13.6. The summed E-state index contributed by atoms with van der Waals surface area (Å²) in [6, 6.07) is 9.77. The Morgan fingerprint density at radius 2 is 1.73 bits per heavy atom. The van der Waals surface area contributed by atoms with E-state index < -0.39 is 0 Å². The average molecular weight is 298 g/mol. The molecule has 0 spiro atoms. The van der Waals surface area contributed by atoms with Crippen molar-refractivity contribution in [1.82, 2.24) is 14.9 Å². The van der Waals surface area contributed by atoms with E-state index in [9.17, 15) is 4.79 Å². The first kappa shape index (κ1) is 15.9. The molecule has 0 fully saturated rings. The molecule has 5 heteroatoms. The van der Waals surface area contributed by atoms with E-state index in [-0.39, 0.29) is 5.91 Å². The van der Waals surface area contributed by atoms with E-state index in [1.807, 2.05) is 63.2 Å². The molecule has 0 aliphatic heterocycles. The zero-order chi connectivity index (χ0) is 16.1. The molecular weight excluding hydrogens is 276 g/mol.